The normalized spacial score (nSPS) is 17.9. The second kappa shape index (κ2) is 3.57. The van der Waals surface area contributed by atoms with Gasteiger partial charge in [-0.05, 0) is 25.0 Å². The predicted octanol–water partition coefficient (Wildman–Crippen LogP) is 3.53. The number of hydrogen-bond acceptors (Lipinski definition) is 3. The minimum atomic E-state index is -0.103. The molecule has 80 valence electrons. The molecule has 0 aliphatic heterocycles. The van der Waals surface area contributed by atoms with Crippen LogP contribution in [0, 0.1) is 16.7 Å². The van der Waals surface area contributed by atoms with E-state index in [4.69, 9.17) is 0 Å². The summed E-state index contributed by atoms with van der Waals surface area (Å²) in [5.41, 5.74) is 0.961. The van der Waals surface area contributed by atoms with Gasteiger partial charge in [-0.15, -0.1) is 11.3 Å². The van der Waals surface area contributed by atoms with Crippen LogP contribution in [0.1, 0.15) is 24.3 Å². The number of benzene rings is 1. The summed E-state index contributed by atoms with van der Waals surface area (Å²) >= 11 is 1.73. The van der Waals surface area contributed by atoms with E-state index in [1.54, 1.807) is 11.3 Å². The van der Waals surface area contributed by atoms with Gasteiger partial charge in [0.2, 0.25) is 0 Å². The quantitative estimate of drug-likeness (QED) is 0.788. The second-order valence-electron chi connectivity index (χ2n) is 4.50. The Bertz CT molecular complexity index is 528. The smallest absolute Gasteiger partial charge is 0.0954 e. The Labute approximate surface area is 98.5 Å². The largest absolute Gasteiger partial charge is 0.241 e. The third-order valence-corrected chi connectivity index (χ3v) is 4.41. The van der Waals surface area contributed by atoms with Crippen molar-refractivity contribution in [2.45, 2.75) is 25.7 Å². The Balaban J connectivity index is 1.92. The van der Waals surface area contributed by atoms with Crippen molar-refractivity contribution in [1.82, 2.24) is 4.98 Å². The molecule has 1 aromatic heterocycles. The first-order valence-electron chi connectivity index (χ1n) is 5.57. The van der Waals surface area contributed by atoms with Gasteiger partial charge in [-0.25, -0.2) is 4.98 Å². The van der Waals surface area contributed by atoms with Crippen LogP contribution in [0.5, 0.6) is 0 Å². The average Bonchev–Trinajstić information content (AvgIpc) is 2.65. The van der Waals surface area contributed by atoms with Crippen LogP contribution in [-0.4, -0.2) is 4.98 Å². The molecule has 1 aromatic carbocycles. The molecule has 3 rings (SSSR count). The van der Waals surface area contributed by atoms with Gasteiger partial charge < -0.3 is 0 Å². The van der Waals surface area contributed by atoms with Crippen molar-refractivity contribution in [2.75, 3.05) is 0 Å². The van der Waals surface area contributed by atoms with Gasteiger partial charge in [0.15, 0.2) is 0 Å². The molecule has 0 bridgehead atoms. The van der Waals surface area contributed by atoms with Crippen LogP contribution < -0.4 is 0 Å². The van der Waals surface area contributed by atoms with Crippen LogP contribution in [0.25, 0.3) is 10.2 Å². The highest BCUT2D eigenvalue weighted by Crippen LogP contribution is 2.43. The molecule has 16 heavy (non-hydrogen) atoms. The lowest BCUT2D eigenvalue weighted by Gasteiger charge is -2.34. The summed E-state index contributed by atoms with van der Waals surface area (Å²) in [4.78, 5) is 4.59. The molecule has 1 saturated carbocycles. The molecule has 2 aromatic rings. The summed E-state index contributed by atoms with van der Waals surface area (Å²) in [5.74, 6) is 0. The molecular weight excluding hydrogens is 216 g/mol. The third-order valence-electron chi connectivity index (χ3n) is 3.38. The molecule has 0 spiro atoms. The molecule has 2 nitrogen and oxygen atoms in total. The molecule has 0 radical (unpaired) electrons. The minimum absolute atomic E-state index is 0.103. The van der Waals surface area contributed by atoms with E-state index in [2.05, 4.69) is 17.1 Å². The van der Waals surface area contributed by atoms with E-state index < -0.39 is 0 Å². The Kier molecular flexibility index (Phi) is 2.19. The molecule has 0 unspecified atom stereocenters. The van der Waals surface area contributed by atoms with Crippen molar-refractivity contribution in [3.8, 4) is 6.07 Å². The number of para-hydroxylation sites is 1. The van der Waals surface area contributed by atoms with E-state index in [0.717, 1.165) is 29.8 Å². The molecule has 1 aliphatic carbocycles. The molecular formula is C13H12N2S. The molecule has 0 amide bonds. The highest BCUT2D eigenvalue weighted by atomic mass is 32.1. The average molecular weight is 228 g/mol. The first-order chi connectivity index (χ1) is 7.81. The Morgan fingerprint density at radius 2 is 2.19 bits per heavy atom. The number of fused-ring (bicyclic) bond motifs is 1. The SMILES string of the molecule is N#CC1(Cc2nc3ccccc3s2)CCC1. The summed E-state index contributed by atoms with van der Waals surface area (Å²) in [6.07, 6.45) is 4.11. The van der Waals surface area contributed by atoms with E-state index in [1.165, 1.54) is 11.1 Å². The summed E-state index contributed by atoms with van der Waals surface area (Å²) in [5, 5.41) is 10.3. The van der Waals surface area contributed by atoms with Crippen LogP contribution in [0.2, 0.25) is 0 Å². The van der Waals surface area contributed by atoms with Crippen LogP contribution in [-0.2, 0) is 6.42 Å². The summed E-state index contributed by atoms with van der Waals surface area (Å²) < 4.78 is 1.23. The number of thiazole rings is 1. The first kappa shape index (κ1) is 9.80. The van der Waals surface area contributed by atoms with E-state index in [1.807, 2.05) is 18.2 Å². The maximum atomic E-state index is 9.20. The van der Waals surface area contributed by atoms with E-state index in [0.29, 0.717) is 0 Å². The number of hydrogen-bond donors (Lipinski definition) is 0. The minimum Gasteiger partial charge on any atom is -0.241 e. The van der Waals surface area contributed by atoms with Crippen LogP contribution >= 0.6 is 11.3 Å². The Morgan fingerprint density at radius 3 is 2.81 bits per heavy atom. The fourth-order valence-corrected chi connectivity index (χ4v) is 3.33. The van der Waals surface area contributed by atoms with Crippen molar-refractivity contribution < 1.29 is 0 Å². The molecule has 0 N–H and O–H groups in total. The van der Waals surface area contributed by atoms with Crippen molar-refractivity contribution in [3.63, 3.8) is 0 Å². The molecule has 3 heteroatoms. The van der Waals surface area contributed by atoms with Crippen molar-refractivity contribution in [1.29, 1.82) is 5.26 Å². The van der Waals surface area contributed by atoms with Crippen molar-refractivity contribution in [3.05, 3.63) is 29.3 Å². The molecule has 1 heterocycles. The van der Waals surface area contributed by atoms with Gasteiger partial charge >= 0.3 is 0 Å². The molecule has 1 fully saturated rings. The monoisotopic (exact) mass is 228 g/mol. The van der Waals surface area contributed by atoms with Gasteiger partial charge in [-0.1, -0.05) is 18.6 Å². The van der Waals surface area contributed by atoms with Gasteiger partial charge in [0, 0.05) is 6.42 Å². The fourth-order valence-electron chi connectivity index (χ4n) is 2.22. The number of nitriles is 1. The molecule has 1 aliphatic rings. The van der Waals surface area contributed by atoms with Gasteiger partial charge in [0.05, 0.1) is 26.7 Å². The molecule has 0 atom stereocenters. The summed E-state index contributed by atoms with van der Waals surface area (Å²) in [6.45, 7) is 0. The topological polar surface area (TPSA) is 36.7 Å². The van der Waals surface area contributed by atoms with Gasteiger partial charge in [-0.2, -0.15) is 5.26 Å². The van der Waals surface area contributed by atoms with Gasteiger partial charge in [0.25, 0.3) is 0 Å². The van der Waals surface area contributed by atoms with E-state index in [-0.39, 0.29) is 5.41 Å². The zero-order valence-electron chi connectivity index (χ0n) is 8.94. The zero-order valence-corrected chi connectivity index (χ0v) is 9.76. The fraction of sp³-hybridized carbons (Fsp3) is 0.385. The van der Waals surface area contributed by atoms with Gasteiger partial charge in [-0.3, -0.25) is 0 Å². The lowest BCUT2D eigenvalue weighted by molar-refractivity contribution is 0.214. The number of aromatic nitrogens is 1. The predicted molar refractivity (Wildman–Crippen MR) is 65.2 cm³/mol. The van der Waals surface area contributed by atoms with E-state index in [9.17, 15) is 5.26 Å². The third kappa shape index (κ3) is 1.50. The zero-order chi connectivity index (χ0) is 11.0. The maximum absolute atomic E-state index is 9.20. The van der Waals surface area contributed by atoms with Gasteiger partial charge in [0.1, 0.15) is 0 Å². The lowest BCUT2D eigenvalue weighted by atomic mass is 9.68. The van der Waals surface area contributed by atoms with Crippen molar-refractivity contribution >= 4 is 21.6 Å². The summed E-state index contributed by atoms with van der Waals surface area (Å²) in [6, 6.07) is 10.6. The molecule has 0 saturated heterocycles. The van der Waals surface area contributed by atoms with E-state index >= 15 is 0 Å². The summed E-state index contributed by atoms with van der Waals surface area (Å²) in [7, 11) is 0. The Morgan fingerprint density at radius 1 is 1.38 bits per heavy atom. The maximum Gasteiger partial charge on any atom is 0.0954 e. The lowest BCUT2D eigenvalue weighted by Crippen LogP contribution is -2.29. The van der Waals surface area contributed by atoms with Crippen LogP contribution in [0.15, 0.2) is 24.3 Å². The highest BCUT2D eigenvalue weighted by molar-refractivity contribution is 7.18. The number of rotatable bonds is 2. The Hall–Kier alpha value is -1.40. The highest BCUT2D eigenvalue weighted by Gasteiger charge is 2.38. The van der Waals surface area contributed by atoms with Crippen LogP contribution in [0.3, 0.4) is 0 Å². The van der Waals surface area contributed by atoms with Crippen molar-refractivity contribution in [2.24, 2.45) is 5.41 Å². The number of nitrogens with zero attached hydrogens (tertiary/aromatic N) is 2. The standard InChI is InChI=1S/C13H12N2S/c14-9-13(6-3-7-13)8-12-15-10-4-1-2-5-11(10)16-12/h1-2,4-5H,3,6-8H2. The van der Waals surface area contributed by atoms with Crippen LogP contribution in [0.4, 0.5) is 0 Å². The second-order valence-corrected chi connectivity index (χ2v) is 5.61. The first-order valence-corrected chi connectivity index (χ1v) is 6.39.